The first-order valence-electron chi connectivity index (χ1n) is 5.06. The number of halogens is 1. The predicted molar refractivity (Wildman–Crippen MR) is 65.1 cm³/mol. The highest BCUT2D eigenvalue weighted by molar-refractivity contribution is 9.10. The average molecular weight is 273 g/mol. The van der Waals surface area contributed by atoms with Crippen molar-refractivity contribution in [2.45, 2.75) is 26.4 Å². The molecule has 1 N–H and O–H groups in total. The highest BCUT2D eigenvalue weighted by atomic mass is 79.9. The molecule has 3 heteroatoms. The smallest absolute Gasteiger partial charge is 0.133 e. The molecular formula is C12H17BrO2. The van der Waals surface area contributed by atoms with E-state index in [0.717, 1.165) is 22.2 Å². The second kappa shape index (κ2) is 5.52. The third kappa shape index (κ3) is 3.50. The summed E-state index contributed by atoms with van der Waals surface area (Å²) in [6.07, 6.45) is 0.380. The summed E-state index contributed by atoms with van der Waals surface area (Å²) in [7, 11) is 1.63. The zero-order valence-corrected chi connectivity index (χ0v) is 10.9. The van der Waals surface area contributed by atoms with Gasteiger partial charge in [-0.2, -0.15) is 0 Å². The second-order valence-electron chi connectivity index (χ2n) is 4.04. The highest BCUT2D eigenvalue weighted by Gasteiger charge is 2.11. The molecule has 0 radical (unpaired) electrons. The summed E-state index contributed by atoms with van der Waals surface area (Å²) in [5, 5.41) is 9.92. The molecule has 15 heavy (non-hydrogen) atoms. The minimum atomic E-state index is -0.396. The van der Waals surface area contributed by atoms with E-state index in [1.165, 1.54) is 0 Å². The lowest BCUT2D eigenvalue weighted by atomic mass is 10.00. The molecule has 1 aromatic rings. The number of aliphatic hydroxyl groups is 1. The summed E-state index contributed by atoms with van der Waals surface area (Å²) in [5.41, 5.74) is 0.927. The third-order valence-electron chi connectivity index (χ3n) is 2.26. The molecule has 0 aliphatic carbocycles. The van der Waals surface area contributed by atoms with Gasteiger partial charge in [0, 0.05) is 0 Å². The van der Waals surface area contributed by atoms with Gasteiger partial charge in [-0.05, 0) is 46.0 Å². The van der Waals surface area contributed by atoms with Crippen molar-refractivity contribution in [2.24, 2.45) is 5.92 Å². The third-order valence-corrected chi connectivity index (χ3v) is 2.87. The Hall–Kier alpha value is -0.540. The van der Waals surface area contributed by atoms with Crippen LogP contribution < -0.4 is 4.74 Å². The Bertz CT molecular complexity index is 323. The van der Waals surface area contributed by atoms with Crippen molar-refractivity contribution in [3.63, 3.8) is 0 Å². The van der Waals surface area contributed by atoms with E-state index in [0.29, 0.717) is 5.92 Å². The van der Waals surface area contributed by atoms with Crippen LogP contribution in [0.25, 0.3) is 0 Å². The van der Waals surface area contributed by atoms with Crippen LogP contribution in [0.5, 0.6) is 5.75 Å². The average Bonchev–Trinajstić information content (AvgIpc) is 2.16. The molecule has 0 fully saturated rings. The quantitative estimate of drug-likeness (QED) is 0.909. The van der Waals surface area contributed by atoms with Crippen LogP contribution in [0, 0.1) is 5.92 Å². The standard InChI is InChI=1S/C12H17BrO2/c1-8(2)6-11(14)9-4-5-12(15-3)10(13)7-9/h4-5,7-8,11,14H,6H2,1-3H3. The maximum Gasteiger partial charge on any atom is 0.133 e. The number of ether oxygens (including phenoxy) is 1. The topological polar surface area (TPSA) is 29.5 Å². The Morgan fingerprint density at radius 3 is 2.53 bits per heavy atom. The zero-order valence-electron chi connectivity index (χ0n) is 9.33. The zero-order chi connectivity index (χ0) is 11.4. The van der Waals surface area contributed by atoms with Crippen molar-refractivity contribution in [1.82, 2.24) is 0 Å². The first kappa shape index (κ1) is 12.5. The van der Waals surface area contributed by atoms with Gasteiger partial charge in [0.1, 0.15) is 5.75 Å². The van der Waals surface area contributed by atoms with E-state index in [1.807, 2.05) is 18.2 Å². The van der Waals surface area contributed by atoms with Crippen LogP contribution in [0.4, 0.5) is 0 Å². The summed E-state index contributed by atoms with van der Waals surface area (Å²) in [6.45, 7) is 4.20. The van der Waals surface area contributed by atoms with Crippen molar-refractivity contribution >= 4 is 15.9 Å². The monoisotopic (exact) mass is 272 g/mol. The number of benzene rings is 1. The molecule has 0 bridgehead atoms. The Balaban J connectivity index is 2.82. The number of hydrogen-bond acceptors (Lipinski definition) is 2. The molecule has 0 aromatic heterocycles. The molecular weight excluding hydrogens is 256 g/mol. The molecule has 1 atom stereocenters. The molecule has 2 nitrogen and oxygen atoms in total. The summed E-state index contributed by atoms with van der Waals surface area (Å²) >= 11 is 3.41. The fourth-order valence-electron chi connectivity index (χ4n) is 1.47. The molecule has 1 unspecified atom stereocenters. The van der Waals surface area contributed by atoms with Crippen LogP contribution in [0.2, 0.25) is 0 Å². The van der Waals surface area contributed by atoms with Crippen molar-refractivity contribution in [3.8, 4) is 5.75 Å². The number of methoxy groups -OCH3 is 1. The largest absolute Gasteiger partial charge is 0.496 e. The van der Waals surface area contributed by atoms with Crippen LogP contribution >= 0.6 is 15.9 Å². The van der Waals surface area contributed by atoms with Gasteiger partial charge in [-0.15, -0.1) is 0 Å². The van der Waals surface area contributed by atoms with Crippen LogP contribution in [0.15, 0.2) is 22.7 Å². The predicted octanol–water partition coefficient (Wildman–Crippen LogP) is 3.54. The van der Waals surface area contributed by atoms with Gasteiger partial charge in [-0.1, -0.05) is 19.9 Å². The van der Waals surface area contributed by atoms with Crippen LogP contribution in [0.3, 0.4) is 0 Å². The van der Waals surface area contributed by atoms with E-state index in [4.69, 9.17) is 4.74 Å². The van der Waals surface area contributed by atoms with Crippen LogP contribution in [0.1, 0.15) is 31.9 Å². The van der Waals surface area contributed by atoms with E-state index in [2.05, 4.69) is 29.8 Å². The Morgan fingerprint density at radius 2 is 2.07 bits per heavy atom. The van der Waals surface area contributed by atoms with Gasteiger partial charge >= 0.3 is 0 Å². The van der Waals surface area contributed by atoms with Gasteiger partial charge in [-0.3, -0.25) is 0 Å². The minimum Gasteiger partial charge on any atom is -0.496 e. The van der Waals surface area contributed by atoms with E-state index < -0.39 is 6.10 Å². The highest BCUT2D eigenvalue weighted by Crippen LogP contribution is 2.30. The molecule has 0 aliphatic heterocycles. The van der Waals surface area contributed by atoms with Gasteiger partial charge in [-0.25, -0.2) is 0 Å². The van der Waals surface area contributed by atoms with E-state index in [1.54, 1.807) is 7.11 Å². The SMILES string of the molecule is COc1ccc(C(O)CC(C)C)cc1Br. The molecule has 0 amide bonds. The number of aliphatic hydroxyl groups excluding tert-OH is 1. The van der Waals surface area contributed by atoms with E-state index in [9.17, 15) is 5.11 Å². The summed E-state index contributed by atoms with van der Waals surface area (Å²) in [6, 6.07) is 5.67. The van der Waals surface area contributed by atoms with Crippen molar-refractivity contribution in [3.05, 3.63) is 28.2 Å². The molecule has 0 spiro atoms. The van der Waals surface area contributed by atoms with E-state index >= 15 is 0 Å². The van der Waals surface area contributed by atoms with Gasteiger partial charge in [0.25, 0.3) is 0 Å². The van der Waals surface area contributed by atoms with Crippen molar-refractivity contribution < 1.29 is 9.84 Å². The molecule has 1 rings (SSSR count). The fourth-order valence-corrected chi connectivity index (χ4v) is 2.03. The van der Waals surface area contributed by atoms with Gasteiger partial charge in [0.15, 0.2) is 0 Å². The molecule has 0 saturated heterocycles. The lowest BCUT2D eigenvalue weighted by molar-refractivity contribution is 0.151. The van der Waals surface area contributed by atoms with Crippen molar-refractivity contribution in [1.29, 1.82) is 0 Å². The molecule has 84 valence electrons. The van der Waals surface area contributed by atoms with E-state index in [-0.39, 0.29) is 0 Å². The number of hydrogen-bond donors (Lipinski definition) is 1. The molecule has 0 aliphatic rings. The summed E-state index contributed by atoms with van der Waals surface area (Å²) in [4.78, 5) is 0. The van der Waals surface area contributed by atoms with Gasteiger partial charge in [0.05, 0.1) is 17.7 Å². The van der Waals surface area contributed by atoms with Crippen molar-refractivity contribution in [2.75, 3.05) is 7.11 Å². The Kier molecular flexibility index (Phi) is 4.61. The van der Waals surface area contributed by atoms with Gasteiger partial charge in [0.2, 0.25) is 0 Å². The number of rotatable bonds is 4. The fraction of sp³-hybridized carbons (Fsp3) is 0.500. The first-order chi connectivity index (χ1) is 7.04. The molecule has 0 saturated carbocycles. The first-order valence-corrected chi connectivity index (χ1v) is 5.85. The molecule has 1 aromatic carbocycles. The Morgan fingerprint density at radius 1 is 1.40 bits per heavy atom. The molecule has 0 heterocycles. The second-order valence-corrected chi connectivity index (χ2v) is 4.89. The summed E-state index contributed by atoms with van der Waals surface area (Å²) in [5.74, 6) is 1.27. The van der Waals surface area contributed by atoms with Crippen LogP contribution in [-0.4, -0.2) is 12.2 Å². The lowest BCUT2D eigenvalue weighted by Gasteiger charge is -2.14. The minimum absolute atomic E-state index is 0.396. The summed E-state index contributed by atoms with van der Waals surface area (Å²) < 4.78 is 6.01. The lowest BCUT2D eigenvalue weighted by Crippen LogP contribution is -2.02. The normalized spacial score (nSPS) is 12.9. The maximum atomic E-state index is 9.92. The Labute approximate surface area is 99.4 Å². The van der Waals surface area contributed by atoms with Gasteiger partial charge < -0.3 is 9.84 Å². The van der Waals surface area contributed by atoms with Crippen LogP contribution in [-0.2, 0) is 0 Å². The maximum absolute atomic E-state index is 9.92.